The van der Waals surface area contributed by atoms with E-state index in [1.165, 1.54) is 0 Å². The highest BCUT2D eigenvalue weighted by molar-refractivity contribution is 5.95. The number of hydrogen-bond donors (Lipinski definition) is 3. The van der Waals surface area contributed by atoms with Crippen LogP contribution in [0.4, 0.5) is 10.5 Å². The van der Waals surface area contributed by atoms with E-state index in [-0.39, 0.29) is 11.9 Å². The monoisotopic (exact) mass is 289 g/mol. The Morgan fingerprint density at radius 1 is 1.19 bits per heavy atom. The number of nitrogens with one attached hydrogen (secondary N) is 3. The van der Waals surface area contributed by atoms with Crippen LogP contribution in [0.25, 0.3) is 0 Å². The van der Waals surface area contributed by atoms with Crippen molar-refractivity contribution >= 4 is 17.6 Å². The van der Waals surface area contributed by atoms with Crippen LogP contribution in [0, 0.1) is 5.92 Å². The second kappa shape index (κ2) is 8.79. The Morgan fingerprint density at radius 3 is 2.43 bits per heavy atom. The number of hydrogen-bond acceptors (Lipinski definition) is 2. The first-order valence-corrected chi connectivity index (χ1v) is 7.07. The lowest BCUT2D eigenvalue weighted by atomic mass is 10.1. The van der Waals surface area contributed by atoms with Crippen molar-refractivity contribution < 1.29 is 9.59 Å². The van der Waals surface area contributed by atoms with Crippen LogP contribution in [0.1, 0.15) is 30.6 Å². The second-order valence-electron chi connectivity index (χ2n) is 5.14. The van der Waals surface area contributed by atoms with Gasteiger partial charge in [0.1, 0.15) is 0 Å². The van der Waals surface area contributed by atoms with Crippen LogP contribution in [0.5, 0.6) is 0 Å². The maximum absolute atomic E-state index is 11.7. The van der Waals surface area contributed by atoms with Crippen molar-refractivity contribution in [2.75, 3.05) is 18.4 Å². The van der Waals surface area contributed by atoms with E-state index >= 15 is 0 Å². The van der Waals surface area contributed by atoms with Crippen molar-refractivity contribution in [3.05, 3.63) is 42.5 Å². The van der Waals surface area contributed by atoms with Crippen LogP contribution in [-0.2, 0) is 0 Å². The van der Waals surface area contributed by atoms with E-state index in [9.17, 15) is 9.59 Å². The van der Waals surface area contributed by atoms with Crippen LogP contribution in [-0.4, -0.2) is 25.0 Å². The van der Waals surface area contributed by atoms with E-state index in [1.807, 2.05) is 0 Å². The molecule has 3 N–H and O–H groups in total. The van der Waals surface area contributed by atoms with Gasteiger partial charge < -0.3 is 16.0 Å². The van der Waals surface area contributed by atoms with Gasteiger partial charge in [0.15, 0.2) is 0 Å². The summed E-state index contributed by atoms with van der Waals surface area (Å²) in [6, 6.07) is 6.50. The Kier molecular flexibility index (Phi) is 7.01. The predicted octanol–water partition coefficient (Wildman–Crippen LogP) is 2.77. The third-order valence-corrected chi connectivity index (χ3v) is 2.82. The number of urea groups is 1. The first kappa shape index (κ1) is 16.8. The summed E-state index contributed by atoms with van der Waals surface area (Å²) in [5, 5.41) is 8.21. The summed E-state index contributed by atoms with van der Waals surface area (Å²) >= 11 is 0. The van der Waals surface area contributed by atoms with Crippen molar-refractivity contribution in [3.8, 4) is 0 Å². The van der Waals surface area contributed by atoms with Gasteiger partial charge in [0.25, 0.3) is 5.91 Å². The van der Waals surface area contributed by atoms with E-state index < -0.39 is 0 Å². The fourth-order valence-corrected chi connectivity index (χ4v) is 1.62. The third-order valence-electron chi connectivity index (χ3n) is 2.82. The normalized spacial score (nSPS) is 10.0. The number of rotatable bonds is 7. The SMILES string of the molecule is C=CCNC(=O)c1ccc(NC(=O)NCCC(C)C)cc1. The molecule has 1 aromatic carbocycles. The van der Waals surface area contributed by atoms with Gasteiger partial charge in [-0.3, -0.25) is 4.79 Å². The zero-order valence-electron chi connectivity index (χ0n) is 12.6. The smallest absolute Gasteiger partial charge is 0.319 e. The molecule has 0 aliphatic heterocycles. The Bertz CT molecular complexity index is 481. The van der Waals surface area contributed by atoms with Crippen molar-refractivity contribution in [2.24, 2.45) is 5.92 Å². The molecule has 1 aromatic rings. The highest BCUT2D eigenvalue weighted by Gasteiger charge is 2.05. The second-order valence-corrected chi connectivity index (χ2v) is 5.14. The molecule has 0 aliphatic rings. The molecule has 0 atom stereocenters. The molecular weight excluding hydrogens is 266 g/mol. The highest BCUT2D eigenvalue weighted by atomic mass is 16.2. The molecule has 0 saturated heterocycles. The Balaban J connectivity index is 2.45. The maximum atomic E-state index is 11.7. The molecule has 3 amide bonds. The van der Waals surface area contributed by atoms with Crippen molar-refractivity contribution in [2.45, 2.75) is 20.3 Å². The number of anilines is 1. The van der Waals surface area contributed by atoms with E-state index in [4.69, 9.17) is 0 Å². The van der Waals surface area contributed by atoms with Crippen LogP contribution in [0.3, 0.4) is 0 Å². The summed E-state index contributed by atoms with van der Waals surface area (Å²) in [4.78, 5) is 23.3. The third kappa shape index (κ3) is 6.61. The van der Waals surface area contributed by atoms with Gasteiger partial charge in [0, 0.05) is 24.3 Å². The zero-order chi connectivity index (χ0) is 15.7. The summed E-state index contributed by atoms with van der Waals surface area (Å²) in [6.45, 7) is 8.82. The Labute approximate surface area is 125 Å². The number of carbonyl (C=O) groups excluding carboxylic acids is 2. The molecular formula is C16H23N3O2. The fourth-order valence-electron chi connectivity index (χ4n) is 1.62. The van der Waals surface area contributed by atoms with Crippen LogP contribution in [0.2, 0.25) is 0 Å². The van der Waals surface area contributed by atoms with Gasteiger partial charge in [-0.1, -0.05) is 19.9 Å². The minimum absolute atomic E-state index is 0.164. The van der Waals surface area contributed by atoms with E-state index in [1.54, 1.807) is 30.3 Å². The standard InChI is InChI=1S/C16H23N3O2/c1-4-10-17-15(20)13-5-7-14(8-6-13)19-16(21)18-11-9-12(2)3/h4-8,12H,1,9-11H2,2-3H3,(H,17,20)(H2,18,19,21). The minimum atomic E-state index is -0.237. The molecule has 0 unspecified atom stereocenters. The van der Waals surface area contributed by atoms with Gasteiger partial charge in [-0.25, -0.2) is 4.79 Å². The fraction of sp³-hybridized carbons (Fsp3) is 0.375. The van der Waals surface area contributed by atoms with E-state index in [2.05, 4.69) is 36.4 Å². The highest BCUT2D eigenvalue weighted by Crippen LogP contribution is 2.09. The molecule has 0 radical (unpaired) electrons. The summed E-state index contributed by atoms with van der Waals surface area (Å²) < 4.78 is 0. The average molecular weight is 289 g/mol. The molecule has 0 bridgehead atoms. The summed E-state index contributed by atoms with van der Waals surface area (Å²) in [5.74, 6) is 0.390. The molecule has 0 heterocycles. The lowest BCUT2D eigenvalue weighted by Crippen LogP contribution is -2.30. The van der Waals surface area contributed by atoms with Gasteiger partial charge in [-0.05, 0) is 36.6 Å². The van der Waals surface area contributed by atoms with Gasteiger partial charge in [-0.15, -0.1) is 6.58 Å². The molecule has 0 spiro atoms. The molecule has 5 nitrogen and oxygen atoms in total. The topological polar surface area (TPSA) is 70.2 Å². The summed E-state index contributed by atoms with van der Waals surface area (Å²) in [5.41, 5.74) is 1.19. The lowest BCUT2D eigenvalue weighted by molar-refractivity contribution is 0.0958. The molecule has 114 valence electrons. The summed E-state index contributed by atoms with van der Waals surface area (Å²) in [7, 11) is 0. The Hall–Kier alpha value is -2.30. The maximum Gasteiger partial charge on any atom is 0.319 e. The minimum Gasteiger partial charge on any atom is -0.349 e. The van der Waals surface area contributed by atoms with Gasteiger partial charge >= 0.3 is 6.03 Å². The van der Waals surface area contributed by atoms with Crippen molar-refractivity contribution in [1.82, 2.24) is 10.6 Å². The molecule has 0 fully saturated rings. The molecule has 21 heavy (non-hydrogen) atoms. The largest absolute Gasteiger partial charge is 0.349 e. The molecule has 1 rings (SSSR count). The van der Waals surface area contributed by atoms with Crippen LogP contribution in [0.15, 0.2) is 36.9 Å². The number of benzene rings is 1. The van der Waals surface area contributed by atoms with Crippen molar-refractivity contribution in [1.29, 1.82) is 0 Å². The quantitative estimate of drug-likeness (QED) is 0.675. The molecule has 0 saturated carbocycles. The molecule has 0 aliphatic carbocycles. The van der Waals surface area contributed by atoms with E-state index in [0.717, 1.165) is 6.42 Å². The zero-order valence-corrected chi connectivity index (χ0v) is 12.6. The first-order chi connectivity index (χ1) is 10.0. The first-order valence-electron chi connectivity index (χ1n) is 7.07. The van der Waals surface area contributed by atoms with Crippen LogP contribution >= 0.6 is 0 Å². The van der Waals surface area contributed by atoms with Crippen molar-refractivity contribution in [3.63, 3.8) is 0 Å². The van der Waals surface area contributed by atoms with Gasteiger partial charge in [0.2, 0.25) is 0 Å². The Morgan fingerprint density at radius 2 is 1.86 bits per heavy atom. The van der Waals surface area contributed by atoms with Gasteiger partial charge in [-0.2, -0.15) is 0 Å². The van der Waals surface area contributed by atoms with Crippen LogP contribution < -0.4 is 16.0 Å². The lowest BCUT2D eigenvalue weighted by Gasteiger charge is -2.09. The predicted molar refractivity (Wildman–Crippen MR) is 85.4 cm³/mol. The molecule has 0 aromatic heterocycles. The number of carbonyl (C=O) groups is 2. The number of amides is 3. The van der Waals surface area contributed by atoms with E-state index in [0.29, 0.717) is 30.3 Å². The summed E-state index contributed by atoms with van der Waals surface area (Å²) in [6.07, 6.45) is 2.56. The van der Waals surface area contributed by atoms with Gasteiger partial charge in [0.05, 0.1) is 0 Å². The average Bonchev–Trinajstić information content (AvgIpc) is 2.45. The molecule has 5 heteroatoms.